The molecule has 0 atom stereocenters. The van der Waals surface area contributed by atoms with Gasteiger partial charge in [-0.1, -0.05) is 91.0 Å². The summed E-state index contributed by atoms with van der Waals surface area (Å²) in [5.74, 6) is 1.86. The summed E-state index contributed by atoms with van der Waals surface area (Å²) < 4.78 is 6.68. The van der Waals surface area contributed by atoms with Crippen LogP contribution in [0.15, 0.2) is 121 Å². The summed E-state index contributed by atoms with van der Waals surface area (Å²) in [6.45, 7) is 0. The smallest absolute Gasteiger partial charge is 0.143 e. The van der Waals surface area contributed by atoms with E-state index in [4.69, 9.17) is 4.74 Å². The molecule has 7 aromatic carbocycles. The Morgan fingerprint density at radius 2 is 1.06 bits per heavy atom. The van der Waals surface area contributed by atoms with Crippen LogP contribution in [0.4, 0.5) is 0 Å². The molecule has 0 amide bonds. The number of hydrogen-bond acceptors (Lipinski definition) is 1. The maximum Gasteiger partial charge on any atom is 0.143 e. The zero-order valence-corrected chi connectivity index (χ0v) is 19.0. The largest absolute Gasteiger partial charge is 0.455 e. The highest BCUT2D eigenvalue weighted by molar-refractivity contribution is 6.19. The van der Waals surface area contributed by atoms with E-state index >= 15 is 0 Å². The summed E-state index contributed by atoms with van der Waals surface area (Å²) in [4.78, 5) is 0. The second kappa shape index (κ2) is 6.94. The molecule has 0 aromatic heterocycles. The minimum Gasteiger partial charge on any atom is -0.455 e. The van der Waals surface area contributed by atoms with Crippen LogP contribution in [0.5, 0.6) is 11.5 Å². The number of fused-ring (bicyclic) bond motifs is 6. The molecule has 0 aliphatic carbocycles. The quantitative estimate of drug-likeness (QED) is 0.181. The van der Waals surface area contributed by atoms with Gasteiger partial charge in [0.05, 0.1) is 0 Å². The Kier molecular flexibility index (Phi) is 3.72. The zero-order valence-electron chi connectivity index (χ0n) is 19.0. The highest BCUT2D eigenvalue weighted by Gasteiger charge is 2.24. The molecule has 1 aliphatic heterocycles. The SMILES string of the molecule is c1ccc2c(c1)Oc1c(-c3cc4ccccc4c4cc5ccccc5cc34)ccc3cccc-2c13. The van der Waals surface area contributed by atoms with Crippen LogP contribution >= 0.6 is 0 Å². The number of rotatable bonds is 1. The lowest BCUT2D eigenvalue weighted by Crippen LogP contribution is -1.99. The van der Waals surface area contributed by atoms with E-state index in [9.17, 15) is 0 Å². The van der Waals surface area contributed by atoms with E-state index in [1.165, 1.54) is 54.2 Å². The van der Waals surface area contributed by atoms with Crippen molar-refractivity contribution in [2.75, 3.05) is 0 Å². The standard InChI is InChI=1S/C34H20O/c1-2-9-23-19-31-29(18-22(23)8-1)25-12-4-3-10-24(25)20-30(31)28-17-16-21-11-7-14-27-26-13-5-6-15-32(26)35-34(28)33(21)27/h1-20H. The van der Waals surface area contributed by atoms with Crippen LogP contribution in [0.2, 0.25) is 0 Å². The lowest BCUT2D eigenvalue weighted by Gasteiger charge is -2.24. The van der Waals surface area contributed by atoms with Crippen LogP contribution in [0, 0.1) is 0 Å². The third-order valence-corrected chi connectivity index (χ3v) is 7.40. The van der Waals surface area contributed by atoms with Crippen LogP contribution in [0.25, 0.3) is 65.3 Å². The number of ether oxygens (including phenoxy) is 1. The Balaban J connectivity index is 1.54. The molecule has 0 radical (unpaired) electrons. The Morgan fingerprint density at radius 3 is 1.94 bits per heavy atom. The Morgan fingerprint density at radius 1 is 0.371 bits per heavy atom. The first-order valence-electron chi connectivity index (χ1n) is 12.0. The summed E-state index contributed by atoms with van der Waals surface area (Å²) in [5, 5.41) is 9.93. The van der Waals surface area contributed by atoms with Gasteiger partial charge in [0, 0.05) is 16.5 Å². The Bertz CT molecular complexity index is 1980. The predicted molar refractivity (Wildman–Crippen MR) is 147 cm³/mol. The average molecular weight is 445 g/mol. The van der Waals surface area contributed by atoms with Gasteiger partial charge in [0.1, 0.15) is 11.5 Å². The van der Waals surface area contributed by atoms with Gasteiger partial charge in [-0.2, -0.15) is 0 Å². The third-order valence-electron chi connectivity index (χ3n) is 7.40. The topological polar surface area (TPSA) is 9.23 Å². The van der Waals surface area contributed by atoms with Gasteiger partial charge < -0.3 is 4.74 Å². The molecule has 0 saturated carbocycles. The second-order valence-corrected chi connectivity index (χ2v) is 9.33. The van der Waals surface area contributed by atoms with E-state index in [2.05, 4.69) is 115 Å². The summed E-state index contributed by atoms with van der Waals surface area (Å²) >= 11 is 0. The van der Waals surface area contributed by atoms with Gasteiger partial charge in [-0.3, -0.25) is 0 Å². The van der Waals surface area contributed by atoms with Gasteiger partial charge in [0.2, 0.25) is 0 Å². The summed E-state index contributed by atoms with van der Waals surface area (Å²) in [5.41, 5.74) is 4.72. The van der Waals surface area contributed by atoms with E-state index in [1.807, 2.05) is 6.07 Å². The van der Waals surface area contributed by atoms with Crippen LogP contribution in [-0.4, -0.2) is 0 Å². The fourth-order valence-electron chi connectivity index (χ4n) is 5.79. The molecule has 0 unspecified atom stereocenters. The maximum atomic E-state index is 6.68. The second-order valence-electron chi connectivity index (χ2n) is 9.33. The molecule has 7 aromatic rings. The van der Waals surface area contributed by atoms with E-state index in [0.29, 0.717) is 0 Å². The van der Waals surface area contributed by atoms with Crippen molar-refractivity contribution < 1.29 is 4.74 Å². The molecule has 1 heterocycles. The molecule has 0 bridgehead atoms. The molecule has 1 aliphatic rings. The highest BCUT2D eigenvalue weighted by Crippen LogP contribution is 2.51. The van der Waals surface area contributed by atoms with E-state index in [1.54, 1.807) is 0 Å². The molecule has 1 heteroatoms. The molecule has 0 saturated heterocycles. The van der Waals surface area contributed by atoms with Crippen molar-refractivity contribution in [2.45, 2.75) is 0 Å². The highest BCUT2D eigenvalue weighted by atomic mass is 16.5. The van der Waals surface area contributed by atoms with E-state index in [-0.39, 0.29) is 0 Å². The summed E-state index contributed by atoms with van der Waals surface area (Å²) in [6, 6.07) is 43.6. The molecular formula is C34H20O. The normalized spacial score (nSPS) is 12.2. The lowest BCUT2D eigenvalue weighted by atomic mass is 9.87. The molecule has 0 spiro atoms. The van der Waals surface area contributed by atoms with Gasteiger partial charge in [-0.15, -0.1) is 0 Å². The van der Waals surface area contributed by atoms with Gasteiger partial charge in [-0.05, 0) is 79.2 Å². The molecule has 162 valence electrons. The van der Waals surface area contributed by atoms with Crippen LogP contribution in [0.3, 0.4) is 0 Å². The van der Waals surface area contributed by atoms with Crippen molar-refractivity contribution in [3.63, 3.8) is 0 Å². The first kappa shape index (κ1) is 18.8. The molecule has 1 nitrogen and oxygen atoms in total. The molecule has 0 fully saturated rings. The maximum absolute atomic E-state index is 6.68. The van der Waals surface area contributed by atoms with E-state index < -0.39 is 0 Å². The molecule has 0 N–H and O–H groups in total. The van der Waals surface area contributed by atoms with Crippen LogP contribution in [-0.2, 0) is 0 Å². The fourth-order valence-corrected chi connectivity index (χ4v) is 5.79. The zero-order chi connectivity index (χ0) is 22.9. The number of para-hydroxylation sites is 1. The number of benzene rings is 7. The molecule has 35 heavy (non-hydrogen) atoms. The Labute approximate surface area is 202 Å². The first-order valence-corrected chi connectivity index (χ1v) is 12.0. The predicted octanol–water partition coefficient (Wildman–Crippen LogP) is 9.74. The van der Waals surface area contributed by atoms with E-state index in [0.717, 1.165) is 22.6 Å². The van der Waals surface area contributed by atoms with Crippen molar-refractivity contribution in [1.29, 1.82) is 0 Å². The van der Waals surface area contributed by atoms with Crippen molar-refractivity contribution in [1.82, 2.24) is 0 Å². The van der Waals surface area contributed by atoms with Crippen molar-refractivity contribution in [3.05, 3.63) is 121 Å². The Hall–Kier alpha value is -4.62. The minimum atomic E-state index is 0.912. The minimum absolute atomic E-state index is 0.912. The van der Waals surface area contributed by atoms with Crippen LogP contribution < -0.4 is 4.74 Å². The molecular weight excluding hydrogens is 424 g/mol. The van der Waals surface area contributed by atoms with Gasteiger partial charge in [0.25, 0.3) is 0 Å². The van der Waals surface area contributed by atoms with Gasteiger partial charge >= 0.3 is 0 Å². The lowest BCUT2D eigenvalue weighted by molar-refractivity contribution is 0.489. The summed E-state index contributed by atoms with van der Waals surface area (Å²) in [6.07, 6.45) is 0. The first-order chi connectivity index (χ1) is 17.3. The van der Waals surface area contributed by atoms with Crippen molar-refractivity contribution >= 4 is 43.1 Å². The average Bonchev–Trinajstić information content (AvgIpc) is 2.92. The summed E-state index contributed by atoms with van der Waals surface area (Å²) in [7, 11) is 0. The van der Waals surface area contributed by atoms with Gasteiger partial charge in [-0.25, -0.2) is 0 Å². The van der Waals surface area contributed by atoms with Crippen molar-refractivity contribution in [3.8, 4) is 33.8 Å². The fraction of sp³-hybridized carbons (Fsp3) is 0. The van der Waals surface area contributed by atoms with Crippen molar-refractivity contribution in [2.24, 2.45) is 0 Å². The molecule has 8 rings (SSSR count). The monoisotopic (exact) mass is 444 g/mol. The van der Waals surface area contributed by atoms with Crippen LogP contribution in [0.1, 0.15) is 0 Å². The number of hydrogen-bond donors (Lipinski definition) is 0. The van der Waals surface area contributed by atoms with Gasteiger partial charge in [0.15, 0.2) is 0 Å². The third kappa shape index (κ3) is 2.64.